The summed E-state index contributed by atoms with van der Waals surface area (Å²) in [7, 11) is 0. The maximum Gasteiger partial charge on any atom is 0.338 e. The summed E-state index contributed by atoms with van der Waals surface area (Å²) in [5, 5.41) is 4.80. The van der Waals surface area contributed by atoms with Crippen molar-refractivity contribution < 1.29 is 19.1 Å². The monoisotopic (exact) mass is 358 g/mol. The van der Waals surface area contributed by atoms with Crippen molar-refractivity contribution in [3.8, 4) is 0 Å². The fourth-order valence-electron chi connectivity index (χ4n) is 2.76. The number of hydrogen-bond donors (Lipinski definition) is 2. The highest BCUT2D eigenvalue weighted by atomic mass is 16.5. The maximum absolute atomic E-state index is 11.9. The second-order valence-corrected chi connectivity index (χ2v) is 6.54. The molecule has 1 aliphatic rings. The molecular formula is C20H26N2O4. The number of aryl methyl sites for hydroxylation is 2. The van der Waals surface area contributed by atoms with E-state index in [0.29, 0.717) is 12.1 Å². The van der Waals surface area contributed by atoms with Crippen LogP contribution in [0.1, 0.15) is 53.6 Å². The molecule has 6 nitrogen and oxygen atoms in total. The number of nitrogens with one attached hydrogen (secondary N) is 2. The van der Waals surface area contributed by atoms with Gasteiger partial charge in [0.15, 0.2) is 6.61 Å². The van der Waals surface area contributed by atoms with Gasteiger partial charge in [-0.3, -0.25) is 10.1 Å². The molecule has 0 saturated heterocycles. The number of esters is 1. The molecule has 0 atom stereocenters. The van der Waals surface area contributed by atoms with Gasteiger partial charge in [-0.15, -0.1) is 0 Å². The highest BCUT2D eigenvalue weighted by molar-refractivity contribution is 5.97. The SMILES string of the molecule is Cc1ccc(C(=O)OCC(=O)NC(=O)NCCC2=CCCCC2)cc1C. The Labute approximate surface area is 154 Å². The maximum atomic E-state index is 11.9. The first-order chi connectivity index (χ1) is 12.5. The Balaban J connectivity index is 1.67. The second kappa shape index (κ2) is 9.75. The van der Waals surface area contributed by atoms with Gasteiger partial charge in [0.1, 0.15) is 0 Å². The number of benzene rings is 1. The fraction of sp³-hybridized carbons (Fsp3) is 0.450. The predicted octanol–water partition coefficient (Wildman–Crippen LogP) is 3.18. The first kappa shape index (κ1) is 19.7. The molecule has 0 radical (unpaired) electrons. The van der Waals surface area contributed by atoms with Crippen LogP contribution in [0.25, 0.3) is 0 Å². The molecule has 0 saturated carbocycles. The highest BCUT2D eigenvalue weighted by Crippen LogP contribution is 2.19. The zero-order valence-corrected chi connectivity index (χ0v) is 15.4. The average molecular weight is 358 g/mol. The molecule has 1 aliphatic carbocycles. The summed E-state index contributed by atoms with van der Waals surface area (Å²) in [6, 6.07) is 4.60. The van der Waals surface area contributed by atoms with Crippen molar-refractivity contribution in [2.75, 3.05) is 13.2 Å². The van der Waals surface area contributed by atoms with E-state index in [1.807, 2.05) is 19.9 Å². The lowest BCUT2D eigenvalue weighted by Gasteiger charge is -2.13. The molecule has 0 heterocycles. The lowest BCUT2D eigenvalue weighted by atomic mass is 9.97. The third-order valence-corrected chi connectivity index (χ3v) is 4.45. The zero-order chi connectivity index (χ0) is 18.9. The summed E-state index contributed by atoms with van der Waals surface area (Å²) in [5.41, 5.74) is 3.77. The molecule has 3 amide bonds. The summed E-state index contributed by atoms with van der Waals surface area (Å²) in [6.07, 6.45) is 7.63. The van der Waals surface area contributed by atoms with Gasteiger partial charge < -0.3 is 10.1 Å². The van der Waals surface area contributed by atoms with Crippen molar-refractivity contribution >= 4 is 17.9 Å². The van der Waals surface area contributed by atoms with Crippen LogP contribution >= 0.6 is 0 Å². The zero-order valence-electron chi connectivity index (χ0n) is 15.4. The summed E-state index contributed by atoms with van der Waals surface area (Å²) >= 11 is 0. The number of carbonyl (C=O) groups is 3. The molecule has 2 N–H and O–H groups in total. The number of urea groups is 1. The number of allylic oxidation sites excluding steroid dienone is 1. The van der Waals surface area contributed by atoms with Crippen LogP contribution in [0.5, 0.6) is 0 Å². The molecule has 2 rings (SSSR count). The first-order valence-electron chi connectivity index (χ1n) is 8.95. The molecular weight excluding hydrogens is 332 g/mol. The van der Waals surface area contributed by atoms with E-state index >= 15 is 0 Å². The van der Waals surface area contributed by atoms with Gasteiger partial charge in [-0.1, -0.05) is 17.7 Å². The van der Waals surface area contributed by atoms with E-state index in [9.17, 15) is 14.4 Å². The summed E-state index contributed by atoms with van der Waals surface area (Å²) in [6.45, 7) is 3.82. The fourth-order valence-corrected chi connectivity index (χ4v) is 2.76. The normalized spacial score (nSPS) is 13.5. The second-order valence-electron chi connectivity index (χ2n) is 6.54. The Morgan fingerprint density at radius 2 is 1.92 bits per heavy atom. The van der Waals surface area contributed by atoms with Crippen molar-refractivity contribution in [2.24, 2.45) is 0 Å². The third-order valence-electron chi connectivity index (χ3n) is 4.45. The smallest absolute Gasteiger partial charge is 0.338 e. The summed E-state index contributed by atoms with van der Waals surface area (Å²) in [5.74, 6) is -1.25. The van der Waals surface area contributed by atoms with Crippen LogP contribution in [-0.4, -0.2) is 31.1 Å². The lowest BCUT2D eigenvalue weighted by Crippen LogP contribution is -2.41. The number of ether oxygens (including phenoxy) is 1. The van der Waals surface area contributed by atoms with Gasteiger partial charge in [-0.25, -0.2) is 9.59 Å². The van der Waals surface area contributed by atoms with E-state index in [0.717, 1.165) is 30.4 Å². The topological polar surface area (TPSA) is 84.5 Å². The van der Waals surface area contributed by atoms with Crippen molar-refractivity contribution in [1.29, 1.82) is 0 Å². The Kier molecular flexibility index (Phi) is 7.38. The van der Waals surface area contributed by atoms with Crippen LogP contribution in [0.4, 0.5) is 4.79 Å². The van der Waals surface area contributed by atoms with Crippen LogP contribution < -0.4 is 10.6 Å². The minimum atomic E-state index is -0.656. The third kappa shape index (κ3) is 6.35. The average Bonchev–Trinajstić information content (AvgIpc) is 2.63. The first-order valence-corrected chi connectivity index (χ1v) is 8.95. The van der Waals surface area contributed by atoms with Gasteiger partial charge in [-0.05, 0) is 69.2 Å². The molecule has 0 aromatic heterocycles. The van der Waals surface area contributed by atoms with Crippen LogP contribution in [0.2, 0.25) is 0 Å². The number of imide groups is 1. The molecule has 6 heteroatoms. The summed E-state index contributed by atoms with van der Waals surface area (Å²) < 4.78 is 4.95. The minimum Gasteiger partial charge on any atom is -0.452 e. The van der Waals surface area contributed by atoms with Crippen LogP contribution in [-0.2, 0) is 9.53 Å². The number of amides is 3. The quantitative estimate of drug-likeness (QED) is 0.604. The molecule has 1 aromatic rings. The van der Waals surface area contributed by atoms with Crippen LogP contribution in [0.3, 0.4) is 0 Å². The Hall–Kier alpha value is -2.63. The molecule has 26 heavy (non-hydrogen) atoms. The standard InChI is InChI=1S/C20H26N2O4/c1-14-8-9-17(12-15(14)2)19(24)26-13-18(23)22-20(25)21-11-10-16-6-4-3-5-7-16/h6,8-9,12H,3-5,7,10-11,13H2,1-2H3,(H2,21,22,23,25). The molecule has 0 spiro atoms. The van der Waals surface area contributed by atoms with E-state index in [1.54, 1.807) is 12.1 Å². The number of rotatable bonds is 6. The van der Waals surface area contributed by atoms with Gasteiger partial charge in [0.25, 0.3) is 5.91 Å². The van der Waals surface area contributed by atoms with Crippen LogP contribution in [0.15, 0.2) is 29.8 Å². The van der Waals surface area contributed by atoms with Crippen LogP contribution in [0, 0.1) is 13.8 Å². The molecule has 0 bridgehead atoms. The van der Waals surface area contributed by atoms with E-state index in [4.69, 9.17) is 4.74 Å². The van der Waals surface area contributed by atoms with Gasteiger partial charge in [0, 0.05) is 6.54 Å². The van der Waals surface area contributed by atoms with Crippen molar-refractivity contribution in [3.05, 3.63) is 46.5 Å². The molecule has 0 aliphatic heterocycles. The van der Waals surface area contributed by atoms with E-state index in [1.165, 1.54) is 18.4 Å². The molecule has 1 aromatic carbocycles. The lowest BCUT2D eigenvalue weighted by molar-refractivity contribution is -0.123. The summed E-state index contributed by atoms with van der Waals surface area (Å²) in [4.78, 5) is 35.3. The number of hydrogen-bond acceptors (Lipinski definition) is 4. The van der Waals surface area contributed by atoms with Gasteiger partial charge in [-0.2, -0.15) is 0 Å². The molecule has 0 unspecified atom stereocenters. The van der Waals surface area contributed by atoms with E-state index < -0.39 is 24.5 Å². The predicted molar refractivity (Wildman–Crippen MR) is 98.9 cm³/mol. The van der Waals surface area contributed by atoms with E-state index in [-0.39, 0.29) is 0 Å². The van der Waals surface area contributed by atoms with Crippen molar-refractivity contribution in [2.45, 2.75) is 46.0 Å². The van der Waals surface area contributed by atoms with Crippen molar-refractivity contribution in [3.63, 3.8) is 0 Å². The highest BCUT2D eigenvalue weighted by Gasteiger charge is 2.13. The Bertz CT molecular complexity index is 710. The van der Waals surface area contributed by atoms with E-state index in [2.05, 4.69) is 16.7 Å². The van der Waals surface area contributed by atoms with Gasteiger partial charge in [0.05, 0.1) is 5.56 Å². The molecule has 0 fully saturated rings. The number of carbonyl (C=O) groups excluding carboxylic acids is 3. The largest absolute Gasteiger partial charge is 0.452 e. The van der Waals surface area contributed by atoms with Gasteiger partial charge >= 0.3 is 12.0 Å². The Morgan fingerprint density at radius 1 is 1.12 bits per heavy atom. The van der Waals surface area contributed by atoms with Crippen molar-refractivity contribution in [1.82, 2.24) is 10.6 Å². The Morgan fingerprint density at radius 3 is 2.62 bits per heavy atom. The van der Waals surface area contributed by atoms with Gasteiger partial charge in [0.2, 0.25) is 0 Å². The minimum absolute atomic E-state index is 0.381. The molecule has 140 valence electrons.